The summed E-state index contributed by atoms with van der Waals surface area (Å²) in [5, 5.41) is 4.77. The van der Waals surface area contributed by atoms with Crippen molar-refractivity contribution >= 4 is 46.6 Å². The maximum atomic E-state index is 13.4. The van der Waals surface area contributed by atoms with Crippen LogP contribution in [0.25, 0.3) is 0 Å². The molecule has 0 amide bonds. The normalized spacial score (nSPS) is 18.8. The van der Waals surface area contributed by atoms with Crippen LogP contribution in [0.2, 0.25) is 10.0 Å². The van der Waals surface area contributed by atoms with Gasteiger partial charge in [0.2, 0.25) is 0 Å². The molecule has 2 N–H and O–H groups in total. The quantitative estimate of drug-likeness (QED) is 0.306. The van der Waals surface area contributed by atoms with Gasteiger partial charge in [0.25, 0.3) is 5.56 Å². The Morgan fingerprint density at radius 2 is 1.85 bits per heavy atom. The van der Waals surface area contributed by atoms with E-state index in [1.165, 1.54) is 11.8 Å². The lowest BCUT2D eigenvalue weighted by atomic mass is 9.69. The molecule has 0 spiro atoms. The molecule has 5 rings (SSSR count). The van der Waals surface area contributed by atoms with Crippen molar-refractivity contribution in [3.63, 3.8) is 0 Å². The summed E-state index contributed by atoms with van der Waals surface area (Å²) in [6.07, 6.45) is 1.08. The van der Waals surface area contributed by atoms with Crippen molar-refractivity contribution in [2.75, 3.05) is 5.32 Å². The lowest BCUT2D eigenvalue weighted by molar-refractivity contribution is -0.118. The minimum atomic E-state index is -0.607. The third kappa shape index (κ3) is 4.42. The van der Waals surface area contributed by atoms with Gasteiger partial charge in [-0.2, -0.15) is 0 Å². The predicted octanol–water partition coefficient (Wildman–Crippen LogP) is 6.57. The molecule has 1 atom stereocenters. The van der Waals surface area contributed by atoms with E-state index in [0.29, 0.717) is 56.3 Å². The maximum Gasteiger partial charge on any atom is 0.257 e. The van der Waals surface area contributed by atoms with Crippen LogP contribution in [-0.2, 0) is 10.5 Å². The Morgan fingerprint density at radius 1 is 1.09 bits per heavy atom. The number of aromatic amines is 1. The number of ketones is 1. The molecule has 0 radical (unpaired) electrons. The zero-order valence-corrected chi connectivity index (χ0v) is 21.1. The molecule has 1 aromatic heterocycles. The highest BCUT2D eigenvalue weighted by Gasteiger charge is 2.43. The Labute approximate surface area is 212 Å². The average Bonchev–Trinajstić information content (AvgIpc) is 2.76. The van der Waals surface area contributed by atoms with Crippen molar-refractivity contribution in [1.29, 1.82) is 0 Å². The highest BCUT2D eigenvalue weighted by molar-refractivity contribution is 7.98. The number of nitrogens with zero attached hydrogens (tertiary/aromatic N) is 1. The number of allylic oxidation sites excluding steroid dienone is 2. The van der Waals surface area contributed by atoms with Crippen LogP contribution >= 0.6 is 35.0 Å². The van der Waals surface area contributed by atoms with E-state index in [-0.39, 0.29) is 16.8 Å². The number of benzene rings is 2. The second-order valence-corrected chi connectivity index (χ2v) is 11.3. The van der Waals surface area contributed by atoms with Gasteiger partial charge in [-0.1, -0.05) is 85.2 Å². The van der Waals surface area contributed by atoms with Crippen LogP contribution in [0.15, 0.2) is 69.8 Å². The first-order valence-electron chi connectivity index (χ1n) is 11.0. The van der Waals surface area contributed by atoms with Crippen molar-refractivity contribution in [2.24, 2.45) is 5.41 Å². The molecule has 2 aliphatic rings. The topological polar surface area (TPSA) is 74.8 Å². The van der Waals surface area contributed by atoms with Crippen LogP contribution in [0.3, 0.4) is 0 Å². The fraction of sp³-hybridized carbons (Fsp3) is 0.269. The average molecular weight is 512 g/mol. The molecule has 1 aliphatic carbocycles. The smallest absolute Gasteiger partial charge is 0.257 e. The molecule has 0 bridgehead atoms. The molecule has 5 nitrogen and oxygen atoms in total. The van der Waals surface area contributed by atoms with E-state index in [4.69, 9.17) is 28.2 Å². The number of anilines is 1. The number of thioether (sulfide) groups is 1. The summed E-state index contributed by atoms with van der Waals surface area (Å²) in [7, 11) is 0. The minimum absolute atomic E-state index is 0.0161. The number of aromatic nitrogens is 2. The number of rotatable bonds is 4. The summed E-state index contributed by atoms with van der Waals surface area (Å²) in [5.74, 6) is 0.556. The van der Waals surface area contributed by atoms with Gasteiger partial charge in [-0.15, -0.1) is 0 Å². The van der Waals surface area contributed by atoms with Gasteiger partial charge in [-0.05, 0) is 35.1 Å². The molecule has 34 heavy (non-hydrogen) atoms. The Morgan fingerprint density at radius 3 is 2.59 bits per heavy atom. The monoisotopic (exact) mass is 511 g/mol. The summed E-state index contributed by atoms with van der Waals surface area (Å²) < 4.78 is 0. The summed E-state index contributed by atoms with van der Waals surface area (Å²) in [6, 6.07) is 15.2. The van der Waals surface area contributed by atoms with Crippen molar-refractivity contribution in [1.82, 2.24) is 9.97 Å². The molecule has 2 heterocycles. The van der Waals surface area contributed by atoms with E-state index >= 15 is 0 Å². The molecule has 0 fully saturated rings. The van der Waals surface area contributed by atoms with E-state index in [1.54, 1.807) is 18.2 Å². The van der Waals surface area contributed by atoms with Crippen LogP contribution in [-0.4, -0.2) is 15.8 Å². The van der Waals surface area contributed by atoms with Crippen LogP contribution in [0, 0.1) is 5.41 Å². The standard InChI is InChI=1S/C26H23Cl2N3O2S/c1-26(2)11-18-21(19(32)12-26)20(16-9-8-15(27)10-17(16)28)22-23(29-18)30-25(31-24(22)33)34-13-14-6-4-3-5-7-14/h3-10,20H,11-13H2,1-2H3,(H2,29,30,31,33). The number of halogens is 2. The second-order valence-electron chi connectivity index (χ2n) is 9.46. The zero-order chi connectivity index (χ0) is 24.0. The number of hydrogen-bond acceptors (Lipinski definition) is 5. The summed E-state index contributed by atoms with van der Waals surface area (Å²) >= 11 is 14.2. The van der Waals surface area contributed by atoms with Gasteiger partial charge >= 0.3 is 0 Å². The first-order chi connectivity index (χ1) is 16.2. The Balaban J connectivity index is 1.62. The van der Waals surface area contributed by atoms with E-state index in [9.17, 15) is 9.59 Å². The molecule has 174 valence electrons. The largest absolute Gasteiger partial charge is 0.343 e. The summed E-state index contributed by atoms with van der Waals surface area (Å²) in [5.41, 5.74) is 3.13. The second kappa shape index (κ2) is 8.91. The molecule has 0 saturated heterocycles. The number of carbonyl (C=O) groups is 1. The highest BCUT2D eigenvalue weighted by atomic mass is 35.5. The number of carbonyl (C=O) groups excluding carboxylic acids is 1. The first kappa shape index (κ1) is 23.2. The maximum absolute atomic E-state index is 13.4. The SMILES string of the molecule is CC1(C)CC(=O)C2=C(C1)Nc1nc(SCc3ccccc3)[nH]c(=O)c1C2c1ccc(Cl)cc1Cl. The van der Waals surface area contributed by atoms with Crippen molar-refractivity contribution in [3.05, 3.63) is 96.9 Å². The Bertz CT molecular complexity index is 1380. The van der Waals surface area contributed by atoms with Gasteiger partial charge in [-0.25, -0.2) is 4.98 Å². The zero-order valence-electron chi connectivity index (χ0n) is 18.7. The molecule has 2 aromatic carbocycles. The van der Waals surface area contributed by atoms with E-state index in [2.05, 4.69) is 24.1 Å². The van der Waals surface area contributed by atoms with Gasteiger partial charge in [0.15, 0.2) is 10.9 Å². The van der Waals surface area contributed by atoms with Gasteiger partial charge in [0.1, 0.15) is 5.82 Å². The van der Waals surface area contributed by atoms with Gasteiger partial charge < -0.3 is 10.3 Å². The molecule has 1 aliphatic heterocycles. The first-order valence-corrected chi connectivity index (χ1v) is 12.8. The molecule has 3 aromatic rings. The van der Waals surface area contributed by atoms with Gasteiger partial charge in [0, 0.05) is 39.4 Å². The lowest BCUT2D eigenvalue weighted by Gasteiger charge is -2.38. The van der Waals surface area contributed by atoms with Crippen LogP contribution in [0.5, 0.6) is 0 Å². The number of fused-ring (bicyclic) bond motifs is 1. The van der Waals surface area contributed by atoms with Crippen molar-refractivity contribution < 1.29 is 4.79 Å². The fourth-order valence-electron chi connectivity index (χ4n) is 4.73. The van der Waals surface area contributed by atoms with Crippen LogP contribution in [0.4, 0.5) is 5.82 Å². The van der Waals surface area contributed by atoms with E-state index < -0.39 is 5.92 Å². The van der Waals surface area contributed by atoms with Crippen LogP contribution < -0.4 is 10.9 Å². The lowest BCUT2D eigenvalue weighted by Crippen LogP contribution is -2.37. The van der Waals surface area contributed by atoms with Crippen LogP contribution in [0.1, 0.15) is 49.3 Å². The fourth-order valence-corrected chi connectivity index (χ4v) is 6.07. The molecule has 1 unspecified atom stereocenters. The molecule has 8 heteroatoms. The van der Waals surface area contributed by atoms with Crippen molar-refractivity contribution in [3.8, 4) is 0 Å². The Hall–Kier alpha value is -2.54. The number of nitrogens with one attached hydrogen (secondary N) is 2. The number of H-pyrrole nitrogens is 1. The van der Waals surface area contributed by atoms with Gasteiger partial charge in [-0.3, -0.25) is 9.59 Å². The summed E-state index contributed by atoms with van der Waals surface area (Å²) in [4.78, 5) is 34.4. The highest BCUT2D eigenvalue weighted by Crippen LogP contribution is 2.49. The van der Waals surface area contributed by atoms with E-state index in [1.807, 2.05) is 30.3 Å². The van der Waals surface area contributed by atoms with Gasteiger partial charge in [0.05, 0.1) is 5.56 Å². The molecular formula is C26H23Cl2N3O2S. The summed E-state index contributed by atoms with van der Waals surface area (Å²) in [6.45, 7) is 4.14. The molecular weight excluding hydrogens is 489 g/mol. The third-order valence-electron chi connectivity index (χ3n) is 6.19. The third-order valence-corrected chi connectivity index (χ3v) is 7.70. The Kier molecular flexibility index (Phi) is 6.09. The van der Waals surface area contributed by atoms with E-state index in [0.717, 1.165) is 11.3 Å². The number of Topliss-reactive ketones (excluding diaryl/α,β-unsaturated/α-hetero) is 1. The van der Waals surface area contributed by atoms with Crippen molar-refractivity contribution in [2.45, 2.75) is 43.5 Å². The minimum Gasteiger partial charge on any atom is -0.343 e. The predicted molar refractivity (Wildman–Crippen MR) is 138 cm³/mol. The number of hydrogen-bond donors (Lipinski definition) is 2. The molecule has 0 saturated carbocycles.